The molecule has 0 fully saturated rings. The highest BCUT2D eigenvalue weighted by Gasteiger charge is 2.15. The number of nitrogens with one attached hydrogen (secondary N) is 1. The Kier molecular flexibility index (Phi) is 7.43. The van der Waals surface area contributed by atoms with Crippen LogP contribution in [0.2, 0.25) is 0 Å². The summed E-state index contributed by atoms with van der Waals surface area (Å²) in [5, 5.41) is 2.88. The number of hydrogen-bond acceptors (Lipinski definition) is 3. The summed E-state index contributed by atoms with van der Waals surface area (Å²) in [6.07, 6.45) is 0. The molecule has 0 atom stereocenters. The van der Waals surface area contributed by atoms with E-state index in [0.29, 0.717) is 0 Å². The normalized spacial score (nSPS) is 11.4. The molecule has 0 aliphatic carbocycles. The van der Waals surface area contributed by atoms with E-state index in [9.17, 15) is 4.79 Å². The van der Waals surface area contributed by atoms with Crippen LogP contribution in [0.25, 0.3) is 0 Å². The zero-order valence-corrected chi connectivity index (χ0v) is 13.7. The lowest BCUT2D eigenvalue weighted by molar-refractivity contribution is -0.152. The molecule has 5 nitrogen and oxygen atoms in total. The Balaban J connectivity index is 0.00000324. The molecule has 0 amide bonds. The molecule has 0 heterocycles. The van der Waals surface area contributed by atoms with Crippen molar-refractivity contribution in [1.29, 1.82) is 0 Å². The predicted molar refractivity (Wildman–Crippen MR) is 87.8 cm³/mol. The summed E-state index contributed by atoms with van der Waals surface area (Å²) < 4.78 is 5.11. The number of esters is 1. The fraction of sp³-hybridized carbons (Fsp3) is 0.385. The molecular weight excluding hydrogens is 357 g/mol. The van der Waals surface area contributed by atoms with Gasteiger partial charge in [-0.1, -0.05) is 18.2 Å². The zero-order chi connectivity index (χ0) is 13.6. The number of nitrogens with zero attached hydrogens (tertiary/aromatic N) is 1. The van der Waals surface area contributed by atoms with Gasteiger partial charge in [0.15, 0.2) is 5.96 Å². The van der Waals surface area contributed by atoms with E-state index in [0.717, 1.165) is 5.69 Å². The molecule has 106 valence electrons. The van der Waals surface area contributed by atoms with Crippen LogP contribution in [-0.4, -0.2) is 24.1 Å². The fourth-order valence-corrected chi connectivity index (χ4v) is 1.23. The van der Waals surface area contributed by atoms with Crippen molar-refractivity contribution in [2.24, 2.45) is 10.7 Å². The first kappa shape index (κ1) is 17.7. The first-order valence-electron chi connectivity index (χ1n) is 5.71. The van der Waals surface area contributed by atoms with Crippen LogP contribution in [0.1, 0.15) is 20.8 Å². The van der Waals surface area contributed by atoms with Crippen molar-refractivity contribution in [2.45, 2.75) is 26.4 Å². The van der Waals surface area contributed by atoms with Crippen LogP contribution in [0.15, 0.2) is 35.3 Å². The summed E-state index contributed by atoms with van der Waals surface area (Å²) in [6, 6.07) is 9.37. The second kappa shape index (κ2) is 7.98. The van der Waals surface area contributed by atoms with Gasteiger partial charge in [-0.25, -0.2) is 4.99 Å². The molecule has 0 bridgehead atoms. The van der Waals surface area contributed by atoms with E-state index < -0.39 is 11.6 Å². The number of hydrogen-bond donors (Lipinski definition) is 2. The SMILES string of the molecule is CC(C)(C)OC(=O)CN=C(N)Nc1ccccc1.I. The minimum absolute atomic E-state index is 0. The maximum atomic E-state index is 11.4. The number of para-hydroxylation sites is 1. The Morgan fingerprint density at radius 3 is 2.42 bits per heavy atom. The van der Waals surface area contributed by atoms with Gasteiger partial charge in [-0.2, -0.15) is 0 Å². The molecule has 0 radical (unpaired) electrons. The molecule has 19 heavy (non-hydrogen) atoms. The van der Waals surface area contributed by atoms with E-state index in [1.54, 1.807) is 20.8 Å². The van der Waals surface area contributed by atoms with Crippen LogP contribution in [-0.2, 0) is 9.53 Å². The minimum Gasteiger partial charge on any atom is -0.459 e. The van der Waals surface area contributed by atoms with Crippen LogP contribution >= 0.6 is 24.0 Å². The Labute approximate surface area is 130 Å². The van der Waals surface area contributed by atoms with Gasteiger partial charge in [0.05, 0.1) is 0 Å². The summed E-state index contributed by atoms with van der Waals surface area (Å²) in [7, 11) is 0. The summed E-state index contributed by atoms with van der Waals surface area (Å²) in [5.41, 5.74) is 5.97. The molecule has 0 aliphatic rings. The molecule has 3 N–H and O–H groups in total. The van der Waals surface area contributed by atoms with Gasteiger partial charge in [0.2, 0.25) is 0 Å². The van der Waals surface area contributed by atoms with Crippen LogP contribution in [0, 0.1) is 0 Å². The maximum Gasteiger partial charge on any atom is 0.328 e. The number of nitrogens with two attached hydrogens (primary N) is 1. The second-order valence-electron chi connectivity index (χ2n) is 4.78. The number of guanidine groups is 1. The van der Waals surface area contributed by atoms with Crippen molar-refractivity contribution in [3.8, 4) is 0 Å². The molecule has 1 aromatic rings. The van der Waals surface area contributed by atoms with E-state index in [1.165, 1.54) is 0 Å². The largest absolute Gasteiger partial charge is 0.459 e. The van der Waals surface area contributed by atoms with Gasteiger partial charge in [0.1, 0.15) is 12.1 Å². The lowest BCUT2D eigenvalue weighted by Crippen LogP contribution is -2.28. The van der Waals surface area contributed by atoms with Crippen LogP contribution in [0.4, 0.5) is 5.69 Å². The smallest absolute Gasteiger partial charge is 0.328 e. The number of halogens is 1. The summed E-state index contributed by atoms with van der Waals surface area (Å²) in [5.74, 6) is -0.215. The Morgan fingerprint density at radius 1 is 1.32 bits per heavy atom. The van der Waals surface area contributed by atoms with Crippen molar-refractivity contribution in [3.05, 3.63) is 30.3 Å². The van der Waals surface area contributed by atoms with E-state index in [4.69, 9.17) is 10.5 Å². The number of rotatable bonds is 3. The first-order chi connectivity index (χ1) is 8.37. The number of ether oxygens (including phenoxy) is 1. The van der Waals surface area contributed by atoms with E-state index in [1.807, 2.05) is 30.3 Å². The summed E-state index contributed by atoms with van der Waals surface area (Å²) in [6.45, 7) is 5.32. The second-order valence-corrected chi connectivity index (χ2v) is 4.78. The molecule has 1 aromatic carbocycles. The third-order valence-corrected chi connectivity index (χ3v) is 1.84. The lowest BCUT2D eigenvalue weighted by Gasteiger charge is -2.18. The van der Waals surface area contributed by atoms with Crippen molar-refractivity contribution in [1.82, 2.24) is 0 Å². The standard InChI is InChI=1S/C13H19N3O2.HI/c1-13(2,3)18-11(17)9-15-12(14)16-10-7-5-4-6-8-10;/h4-8H,9H2,1-3H3,(H3,14,15,16);1H. The quantitative estimate of drug-likeness (QED) is 0.367. The highest BCUT2D eigenvalue weighted by molar-refractivity contribution is 14.0. The third kappa shape index (κ3) is 8.41. The highest BCUT2D eigenvalue weighted by Crippen LogP contribution is 2.07. The molecule has 0 saturated heterocycles. The average molecular weight is 377 g/mol. The first-order valence-corrected chi connectivity index (χ1v) is 5.71. The number of benzene rings is 1. The van der Waals surface area contributed by atoms with Crippen molar-refractivity contribution >= 4 is 41.6 Å². The molecule has 0 aromatic heterocycles. The Morgan fingerprint density at radius 2 is 1.89 bits per heavy atom. The molecular formula is C13H20IN3O2. The lowest BCUT2D eigenvalue weighted by atomic mass is 10.2. The number of carbonyl (C=O) groups excluding carboxylic acids is 1. The summed E-state index contributed by atoms with van der Waals surface area (Å²) in [4.78, 5) is 15.3. The number of anilines is 1. The van der Waals surface area contributed by atoms with Crippen LogP contribution in [0.3, 0.4) is 0 Å². The zero-order valence-electron chi connectivity index (χ0n) is 11.3. The topological polar surface area (TPSA) is 76.7 Å². The molecule has 0 unspecified atom stereocenters. The molecule has 0 aliphatic heterocycles. The Bertz CT molecular complexity index is 427. The van der Waals surface area contributed by atoms with Gasteiger partial charge >= 0.3 is 5.97 Å². The molecule has 1 rings (SSSR count). The monoisotopic (exact) mass is 377 g/mol. The van der Waals surface area contributed by atoms with Gasteiger partial charge in [0.25, 0.3) is 0 Å². The third-order valence-electron chi connectivity index (χ3n) is 1.84. The van der Waals surface area contributed by atoms with Crippen molar-refractivity contribution in [3.63, 3.8) is 0 Å². The van der Waals surface area contributed by atoms with E-state index in [-0.39, 0.29) is 36.5 Å². The van der Waals surface area contributed by atoms with Crippen LogP contribution < -0.4 is 11.1 Å². The minimum atomic E-state index is -0.506. The van der Waals surface area contributed by atoms with E-state index in [2.05, 4.69) is 10.3 Å². The van der Waals surface area contributed by atoms with Crippen LogP contribution in [0.5, 0.6) is 0 Å². The summed E-state index contributed by atoms with van der Waals surface area (Å²) >= 11 is 0. The van der Waals surface area contributed by atoms with Gasteiger partial charge < -0.3 is 15.8 Å². The predicted octanol–water partition coefficient (Wildman–Crippen LogP) is 2.37. The van der Waals surface area contributed by atoms with Gasteiger partial charge in [0, 0.05) is 5.69 Å². The highest BCUT2D eigenvalue weighted by atomic mass is 127. The molecule has 0 spiro atoms. The van der Waals surface area contributed by atoms with Gasteiger partial charge in [-0.15, -0.1) is 24.0 Å². The fourth-order valence-electron chi connectivity index (χ4n) is 1.23. The maximum absolute atomic E-state index is 11.4. The van der Waals surface area contributed by atoms with Gasteiger partial charge in [-0.05, 0) is 32.9 Å². The van der Waals surface area contributed by atoms with Crippen molar-refractivity contribution < 1.29 is 9.53 Å². The van der Waals surface area contributed by atoms with Crippen molar-refractivity contribution in [2.75, 3.05) is 11.9 Å². The molecule has 6 heteroatoms. The van der Waals surface area contributed by atoms with Gasteiger partial charge in [-0.3, -0.25) is 4.79 Å². The Hall–Kier alpha value is -1.31. The van der Waals surface area contributed by atoms with E-state index >= 15 is 0 Å². The average Bonchev–Trinajstić information content (AvgIpc) is 2.25. The number of carbonyl (C=O) groups is 1. The number of aliphatic imine (C=N–C) groups is 1. The molecule has 0 saturated carbocycles.